The Morgan fingerprint density at radius 1 is 1.13 bits per heavy atom. The van der Waals surface area contributed by atoms with Crippen molar-refractivity contribution in [2.45, 2.75) is 18.6 Å². The highest BCUT2D eigenvalue weighted by Gasteiger charge is 2.31. The summed E-state index contributed by atoms with van der Waals surface area (Å²) in [6, 6.07) is 2.25. The number of nitrogens with zero attached hydrogens (tertiary/aromatic N) is 5. The highest BCUT2D eigenvalue weighted by molar-refractivity contribution is 5.95. The smallest absolute Gasteiger partial charge is 0.364 e. The summed E-state index contributed by atoms with van der Waals surface area (Å²) in [5, 5.41) is 3.29. The SMILES string of the molecule is C=CC(=O)N1CC[C@H](Nc2ncc(-c3ccc(C(F)(F)F)cn3)c3nccnc23)C1. The molecule has 0 saturated carbocycles. The van der Waals surface area contributed by atoms with Crippen LogP contribution >= 0.6 is 0 Å². The van der Waals surface area contributed by atoms with Crippen LogP contribution in [0.4, 0.5) is 19.0 Å². The molecule has 7 nitrogen and oxygen atoms in total. The second-order valence-electron chi connectivity index (χ2n) is 6.82. The van der Waals surface area contributed by atoms with Gasteiger partial charge in [0.25, 0.3) is 0 Å². The Kier molecular flexibility index (Phi) is 5.06. The van der Waals surface area contributed by atoms with E-state index in [1.807, 2.05) is 0 Å². The molecule has 0 radical (unpaired) electrons. The first-order valence-electron chi connectivity index (χ1n) is 9.18. The van der Waals surface area contributed by atoms with Gasteiger partial charge in [0.05, 0.1) is 11.3 Å². The van der Waals surface area contributed by atoms with E-state index >= 15 is 0 Å². The van der Waals surface area contributed by atoms with Crippen LogP contribution in [0.5, 0.6) is 0 Å². The third-order valence-electron chi connectivity index (χ3n) is 4.88. The molecule has 10 heteroatoms. The summed E-state index contributed by atoms with van der Waals surface area (Å²) in [5.41, 5.74) is 0.917. The number of rotatable bonds is 4. The Balaban J connectivity index is 1.64. The summed E-state index contributed by atoms with van der Waals surface area (Å²) in [5.74, 6) is 0.368. The molecule has 1 saturated heterocycles. The van der Waals surface area contributed by atoms with Crippen molar-refractivity contribution in [2.75, 3.05) is 18.4 Å². The lowest BCUT2D eigenvalue weighted by atomic mass is 10.1. The summed E-state index contributed by atoms with van der Waals surface area (Å²) in [6.45, 7) is 4.62. The van der Waals surface area contributed by atoms with E-state index in [9.17, 15) is 18.0 Å². The van der Waals surface area contributed by atoms with Gasteiger partial charge in [-0.2, -0.15) is 13.2 Å². The minimum atomic E-state index is -4.46. The predicted molar refractivity (Wildman–Crippen MR) is 104 cm³/mol. The van der Waals surface area contributed by atoms with E-state index < -0.39 is 11.7 Å². The van der Waals surface area contributed by atoms with Crippen LogP contribution in [0.2, 0.25) is 0 Å². The molecule has 1 aliphatic heterocycles. The monoisotopic (exact) mass is 414 g/mol. The standard InChI is InChI=1S/C20H17F3N6O/c1-2-16(30)29-8-5-13(11-29)28-19-18-17(24-6-7-25-18)14(10-27-19)15-4-3-12(9-26-15)20(21,22)23/h2-4,6-7,9-10,13H,1,5,8,11H2,(H,27,28)/t13-/m0/s1. The fourth-order valence-electron chi connectivity index (χ4n) is 3.37. The molecular formula is C20H17F3N6O. The van der Waals surface area contributed by atoms with Crippen molar-refractivity contribution < 1.29 is 18.0 Å². The molecule has 1 atom stereocenters. The van der Waals surface area contributed by atoms with Gasteiger partial charge in [0.1, 0.15) is 11.0 Å². The average Bonchev–Trinajstić information content (AvgIpc) is 3.21. The first-order valence-corrected chi connectivity index (χ1v) is 9.18. The topological polar surface area (TPSA) is 83.9 Å². The molecule has 4 heterocycles. The minimum absolute atomic E-state index is 0.0124. The molecule has 3 aromatic rings. The predicted octanol–water partition coefficient (Wildman–Crippen LogP) is 3.30. The summed E-state index contributed by atoms with van der Waals surface area (Å²) < 4.78 is 38.4. The molecule has 30 heavy (non-hydrogen) atoms. The molecule has 0 aliphatic carbocycles. The Hall–Kier alpha value is -3.56. The van der Waals surface area contributed by atoms with Gasteiger partial charge in [0.2, 0.25) is 5.91 Å². The van der Waals surface area contributed by atoms with Gasteiger partial charge in [-0.3, -0.25) is 14.8 Å². The summed E-state index contributed by atoms with van der Waals surface area (Å²) in [6.07, 6.45) is 2.88. The third kappa shape index (κ3) is 3.80. The van der Waals surface area contributed by atoms with Gasteiger partial charge < -0.3 is 10.2 Å². The van der Waals surface area contributed by atoms with E-state index in [0.717, 1.165) is 18.7 Å². The molecule has 0 unspecified atom stereocenters. The van der Waals surface area contributed by atoms with Gasteiger partial charge in [-0.1, -0.05) is 6.58 Å². The maximum Gasteiger partial charge on any atom is 0.417 e. The lowest BCUT2D eigenvalue weighted by Gasteiger charge is -2.17. The van der Waals surface area contributed by atoms with E-state index in [1.165, 1.54) is 30.7 Å². The number of hydrogen-bond donors (Lipinski definition) is 1. The van der Waals surface area contributed by atoms with Gasteiger partial charge in [-0.05, 0) is 24.6 Å². The molecule has 3 aromatic heterocycles. The highest BCUT2D eigenvalue weighted by Crippen LogP contribution is 2.32. The maximum absolute atomic E-state index is 12.8. The fourth-order valence-corrected chi connectivity index (χ4v) is 3.37. The van der Waals surface area contributed by atoms with Crippen LogP contribution in [0, 0.1) is 0 Å². The van der Waals surface area contributed by atoms with Crippen LogP contribution < -0.4 is 5.32 Å². The van der Waals surface area contributed by atoms with E-state index in [0.29, 0.717) is 41.2 Å². The number of amides is 1. The molecule has 0 spiro atoms. The van der Waals surface area contributed by atoms with Crippen LogP contribution in [0.15, 0.2) is 49.6 Å². The first-order chi connectivity index (χ1) is 14.4. The Bertz CT molecular complexity index is 1100. The average molecular weight is 414 g/mol. The van der Waals surface area contributed by atoms with Crippen molar-refractivity contribution in [1.29, 1.82) is 0 Å². The van der Waals surface area contributed by atoms with Crippen molar-refractivity contribution in [3.05, 3.63) is 55.1 Å². The summed E-state index contributed by atoms with van der Waals surface area (Å²) in [4.78, 5) is 30.5. The molecule has 1 amide bonds. The zero-order valence-electron chi connectivity index (χ0n) is 15.7. The normalized spacial score (nSPS) is 16.6. The molecule has 1 aliphatic rings. The van der Waals surface area contributed by atoms with Crippen molar-refractivity contribution in [1.82, 2.24) is 24.8 Å². The van der Waals surface area contributed by atoms with Crippen LogP contribution in [0.3, 0.4) is 0 Å². The number of halogens is 3. The van der Waals surface area contributed by atoms with Crippen LogP contribution in [0.25, 0.3) is 22.3 Å². The number of pyridine rings is 2. The van der Waals surface area contributed by atoms with Gasteiger partial charge >= 0.3 is 6.18 Å². The van der Waals surface area contributed by atoms with E-state index in [1.54, 1.807) is 4.90 Å². The van der Waals surface area contributed by atoms with Crippen LogP contribution in [0.1, 0.15) is 12.0 Å². The molecular weight excluding hydrogens is 397 g/mol. The van der Waals surface area contributed by atoms with E-state index in [-0.39, 0.29) is 11.9 Å². The molecule has 1 N–H and O–H groups in total. The maximum atomic E-state index is 12.8. The second kappa shape index (κ2) is 7.69. The van der Waals surface area contributed by atoms with Crippen molar-refractivity contribution >= 4 is 22.8 Å². The summed E-state index contributed by atoms with van der Waals surface area (Å²) >= 11 is 0. The van der Waals surface area contributed by atoms with Gasteiger partial charge in [-0.25, -0.2) is 9.97 Å². The van der Waals surface area contributed by atoms with Gasteiger partial charge in [0.15, 0.2) is 5.82 Å². The van der Waals surface area contributed by atoms with Gasteiger partial charge in [0, 0.05) is 49.5 Å². The Labute approximate surface area is 169 Å². The number of aromatic nitrogens is 4. The van der Waals surface area contributed by atoms with Crippen molar-refractivity contribution in [2.24, 2.45) is 0 Å². The lowest BCUT2D eigenvalue weighted by Crippen LogP contribution is -2.30. The largest absolute Gasteiger partial charge is 0.417 e. The number of alkyl halides is 3. The number of carbonyl (C=O) groups is 1. The zero-order valence-corrected chi connectivity index (χ0v) is 15.7. The van der Waals surface area contributed by atoms with Crippen molar-refractivity contribution in [3.63, 3.8) is 0 Å². The number of anilines is 1. The highest BCUT2D eigenvalue weighted by atomic mass is 19.4. The Morgan fingerprint density at radius 2 is 1.90 bits per heavy atom. The molecule has 0 bridgehead atoms. The zero-order chi connectivity index (χ0) is 21.3. The lowest BCUT2D eigenvalue weighted by molar-refractivity contribution is -0.137. The number of hydrogen-bond acceptors (Lipinski definition) is 6. The fraction of sp³-hybridized carbons (Fsp3) is 0.250. The molecule has 4 rings (SSSR count). The van der Waals surface area contributed by atoms with E-state index in [2.05, 4.69) is 31.8 Å². The summed E-state index contributed by atoms with van der Waals surface area (Å²) in [7, 11) is 0. The van der Waals surface area contributed by atoms with Crippen molar-refractivity contribution in [3.8, 4) is 11.3 Å². The third-order valence-corrected chi connectivity index (χ3v) is 4.88. The molecule has 1 fully saturated rings. The quantitative estimate of drug-likeness (QED) is 0.660. The first kappa shape index (κ1) is 19.7. The number of nitrogens with one attached hydrogen (secondary N) is 1. The van der Waals surface area contributed by atoms with Crippen LogP contribution in [-0.2, 0) is 11.0 Å². The second-order valence-corrected chi connectivity index (χ2v) is 6.82. The van der Waals surface area contributed by atoms with E-state index in [4.69, 9.17) is 0 Å². The van der Waals surface area contributed by atoms with Crippen LogP contribution in [-0.4, -0.2) is 49.9 Å². The minimum Gasteiger partial charge on any atom is -0.364 e. The Morgan fingerprint density at radius 3 is 2.57 bits per heavy atom. The number of likely N-dealkylation sites (tertiary alicyclic amines) is 1. The molecule has 0 aromatic carbocycles. The number of fused-ring (bicyclic) bond motifs is 1. The molecule has 154 valence electrons. The van der Waals surface area contributed by atoms with Gasteiger partial charge in [-0.15, -0.1) is 0 Å². The number of carbonyl (C=O) groups excluding carboxylic acids is 1.